The number of halogens is 1. The van der Waals surface area contributed by atoms with Crippen LogP contribution in [0.2, 0.25) is 0 Å². The second-order valence-corrected chi connectivity index (χ2v) is 4.27. The molecule has 2 rings (SSSR count). The van der Waals surface area contributed by atoms with Crippen LogP contribution in [0.25, 0.3) is 6.08 Å². The van der Waals surface area contributed by atoms with Gasteiger partial charge in [0.25, 0.3) is 0 Å². The molecule has 3 nitrogen and oxygen atoms in total. The van der Waals surface area contributed by atoms with E-state index in [1.54, 1.807) is 7.05 Å². The first-order valence-electron chi connectivity index (χ1n) is 6.43. The van der Waals surface area contributed by atoms with Gasteiger partial charge in [-0.2, -0.15) is 0 Å². The molecule has 1 N–H and O–H groups in total. The number of benzene rings is 1. The normalized spacial score (nSPS) is 10.9. The van der Waals surface area contributed by atoms with Crippen molar-refractivity contribution in [1.82, 2.24) is 10.3 Å². The van der Waals surface area contributed by atoms with Crippen LogP contribution in [-0.4, -0.2) is 18.6 Å². The van der Waals surface area contributed by atoms with Gasteiger partial charge in [0, 0.05) is 12.1 Å². The fraction of sp³-hybridized carbons (Fsp3) is 0.188. The van der Waals surface area contributed by atoms with E-state index in [1.165, 1.54) is 6.07 Å². The predicted octanol–water partition coefficient (Wildman–Crippen LogP) is 3.03. The van der Waals surface area contributed by atoms with Crippen LogP contribution in [0.4, 0.5) is 4.39 Å². The van der Waals surface area contributed by atoms with E-state index in [9.17, 15) is 4.39 Å². The third-order valence-corrected chi connectivity index (χ3v) is 2.69. The van der Waals surface area contributed by atoms with Crippen LogP contribution < -0.4 is 10.1 Å². The maximum Gasteiger partial charge on any atom is 0.218 e. The molecule has 0 amide bonds. The second-order valence-electron chi connectivity index (χ2n) is 4.27. The van der Waals surface area contributed by atoms with Crippen LogP contribution in [0.5, 0.6) is 5.88 Å². The van der Waals surface area contributed by atoms with Gasteiger partial charge in [0.05, 0.1) is 6.20 Å². The molecule has 0 saturated carbocycles. The van der Waals surface area contributed by atoms with Gasteiger partial charge in [0.2, 0.25) is 5.88 Å². The highest BCUT2D eigenvalue weighted by Gasteiger charge is 2.05. The summed E-state index contributed by atoms with van der Waals surface area (Å²) in [6.45, 7) is 0.909. The number of hydrogen-bond donors (Lipinski definition) is 1. The molecule has 1 heterocycles. The van der Waals surface area contributed by atoms with Crippen LogP contribution in [0.1, 0.15) is 11.1 Å². The summed E-state index contributed by atoms with van der Waals surface area (Å²) in [5, 5.41) is 2.96. The third-order valence-electron chi connectivity index (χ3n) is 2.69. The summed E-state index contributed by atoms with van der Waals surface area (Å²) in [5.41, 5.74) is 1.82. The minimum Gasteiger partial charge on any atom is -0.473 e. The lowest BCUT2D eigenvalue weighted by Crippen LogP contribution is -2.09. The van der Waals surface area contributed by atoms with Crippen molar-refractivity contribution in [2.24, 2.45) is 0 Å². The Bertz CT molecular complexity index is 570. The highest BCUT2D eigenvalue weighted by Crippen LogP contribution is 2.16. The first-order valence-corrected chi connectivity index (χ1v) is 6.43. The van der Waals surface area contributed by atoms with E-state index >= 15 is 0 Å². The smallest absolute Gasteiger partial charge is 0.218 e. The van der Waals surface area contributed by atoms with Crippen LogP contribution in [-0.2, 0) is 6.54 Å². The summed E-state index contributed by atoms with van der Waals surface area (Å²) >= 11 is 0. The van der Waals surface area contributed by atoms with Crippen molar-refractivity contribution in [3.05, 3.63) is 65.6 Å². The number of aromatic nitrogens is 1. The van der Waals surface area contributed by atoms with Crippen molar-refractivity contribution in [3.8, 4) is 5.88 Å². The molecule has 0 aliphatic rings. The molecule has 1 aromatic heterocycles. The topological polar surface area (TPSA) is 34.2 Å². The summed E-state index contributed by atoms with van der Waals surface area (Å²) < 4.78 is 18.7. The third kappa shape index (κ3) is 4.17. The van der Waals surface area contributed by atoms with Crippen LogP contribution >= 0.6 is 0 Å². The number of rotatable bonds is 6. The van der Waals surface area contributed by atoms with E-state index in [4.69, 9.17) is 4.74 Å². The highest BCUT2D eigenvalue weighted by molar-refractivity contribution is 5.48. The Hall–Kier alpha value is -2.20. The lowest BCUT2D eigenvalue weighted by molar-refractivity contribution is 0.342. The molecule has 20 heavy (non-hydrogen) atoms. The van der Waals surface area contributed by atoms with Crippen LogP contribution in [0, 0.1) is 5.82 Å². The Morgan fingerprint density at radius 1 is 1.30 bits per heavy atom. The average Bonchev–Trinajstić information content (AvgIpc) is 2.47. The van der Waals surface area contributed by atoms with Gasteiger partial charge >= 0.3 is 0 Å². The summed E-state index contributed by atoms with van der Waals surface area (Å²) in [4.78, 5) is 3.97. The average molecular weight is 272 g/mol. The van der Waals surface area contributed by atoms with Gasteiger partial charge in [-0.1, -0.05) is 36.4 Å². The largest absolute Gasteiger partial charge is 0.473 e. The van der Waals surface area contributed by atoms with Gasteiger partial charge in [-0.25, -0.2) is 9.37 Å². The van der Waals surface area contributed by atoms with Crippen molar-refractivity contribution >= 4 is 6.08 Å². The molecule has 1 aromatic carbocycles. The molecule has 0 unspecified atom stereocenters. The zero-order chi connectivity index (χ0) is 14.2. The first kappa shape index (κ1) is 14.2. The number of nitrogens with one attached hydrogen (secondary N) is 1. The van der Waals surface area contributed by atoms with E-state index in [-0.39, 0.29) is 5.82 Å². The number of nitrogens with zero attached hydrogens (tertiary/aromatic N) is 1. The molecule has 2 aromatic rings. The zero-order valence-corrected chi connectivity index (χ0v) is 11.3. The Kier molecular flexibility index (Phi) is 5.26. The molecule has 0 atom stereocenters. The molecule has 104 valence electrons. The molecule has 0 fully saturated rings. The second kappa shape index (κ2) is 7.40. The quantitative estimate of drug-likeness (QED) is 0.877. The molecule has 0 aliphatic heterocycles. The number of pyridine rings is 1. The lowest BCUT2D eigenvalue weighted by atomic mass is 10.2. The van der Waals surface area contributed by atoms with Crippen molar-refractivity contribution in [3.63, 3.8) is 0 Å². The maximum absolute atomic E-state index is 13.1. The SMILES string of the molecule is CNCc1cc(F)cnc1OC/C=C/c1ccccc1. The van der Waals surface area contributed by atoms with E-state index in [2.05, 4.69) is 10.3 Å². The molecular weight excluding hydrogens is 255 g/mol. The van der Waals surface area contributed by atoms with Gasteiger partial charge in [-0.15, -0.1) is 0 Å². The fourth-order valence-corrected chi connectivity index (χ4v) is 1.79. The predicted molar refractivity (Wildman–Crippen MR) is 77.9 cm³/mol. The molecule has 0 saturated heterocycles. The number of hydrogen-bond acceptors (Lipinski definition) is 3. The Morgan fingerprint density at radius 3 is 2.85 bits per heavy atom. The maximum atomic E-state index is 13.1. The first-order chi connectivity index (χ1) is 9.79. The van der Waals surface area contributed by atoms with Crippen molar-refractivity contribution < 1.29 is 9.13 Å². The molecule has 0 aliphatic carbocycles. The van der Waals surface area contributed by atoms with E-state index < -0.39 is 0 Å². The summed E-state index contributed by atoms with van der Waals surface area (Å²) in [7, 11) is 1.80. The van der Waals surface area contributed by atoms with Gasteiger partial charge in [-0.05, 0) is 24.8 Å². The Balaban J connectivity index is 1.95. The van der Waals surface area contributed by atoms with E-state index in [0.29, 0.717) is 24.6 Å². The van der Waals surface area contributed by atoms with Gasteiger partial charge in [0.15, 0.2) is 0 Å². The summed E-state index contributed by atoms with van der Waals surface area (Å²) in [5.74, 6) is 0.0980. The van der Waals surface area contributed by atoms with E-state index in [0.717, 1.165) is 11.8 Å². The van der Waals surface area contributed by atoms with Gasteiger partial charge in [0.1, 0.15) is 12.4 Å². The standard InChI is InChI=1S/C16H17FN2O/c1-18-11-14-10-15(17)12-19-16(14)20-9-5-8-13-6-3-2-4-7-13/h2-8,10,12,18H,9,11H2,1H3/b8-5+. The highest BCUT2D eigenvalue weighted by atomic mass is 19.1. The van der Waals surface area contributed by atoms with Gasteiger partial charge in [-0.3, -0.25) is 0 Å². The Morgan fingerprint density at radius 2 is 2.10 bits per heavy atom. The lowest BCUT2D eigenvalue weighted by Gasteiger charge is -2.08. The van der Waals surface area contributed by atoms with Crippen molar-refractivity contribution in [1.29, 1.82) is 0 Å². The molecule has 0 bridgehead atoms. The summed E-state index contributed by atoms with van der Waals surface area (Å²) in [6.07, 6.45) is 5.04. The molecule has 4 heteroatoms. The molecule has 0 spiro atoms. The van der Waals surface area contributed by atoms with Crippen LogP contribution in [0.15, 0.2) is 48.7 Å². The zero-order valence-electron chi connectivity index (χ0n) is 11.3. The Labute approximate surface area is 118 Å². The molecular formula is C16H17FN2O. The summed E-state index contributed by atoms with van der Waals surface area (Å²) in [6, 6.07) is 11.4. The fourth-order valence-electron chi connectivity index (χ4n) is 1.79. The van der Waals surface area contributed by atoms with Crippen molar-refractivity contribution in [2.45, 2.75) is 6.54 Å². The minimum absolute atomic E-state index is 0.359. The molecule has 0 radical (unpaired) electrons. The van der Waals surface area contributed by atoms with Crippen LogP contribution in [0.3, 0.4) is 0 Å². The van der Waals surface area contributed by atoms with E-state index in [1.807, 2.05) is 42.5 Å². The number of ether oxygens (including phenoxy) is 1. The van der Waals surface area contributed by atoms with Gasteiger partial charge < -0.3 is 10.1 Å². The monoisotopic (exact) mass is 272 g/mol. The van der Waals surface area contributed by atoms with Crippen molar-refractivity contribution in [2.75, 3.05) is 13.7 Å². The minimum atomic E-state index is -0.359.